The van der Waals surface area contributed by atoms with E-state index in [9.17, 15) is 9.36 Å². The first-order valence-electron chi connectivity index (χ1n) is 7.95. The fraction of sp³-hybridized carbons (Fsp3) is 0.316. The SMILES string of the molecule is COc1cc(C)cc(OC)c1C(=O)P(=O)(OC(C)C)c1ccccc1. The molecule has 0 aliphatic heterocycles. The van der Waals surface area contributed by atoms with Crippen LogP contribution in [0.5, 0.6) is 11.5 Å². The Morgan fingerprint density at radius 1 is 1.00 bits per heavy atom. The highest BCUT2D eigenvalue weighted by atomic mass is 31.2. The molecule has 0 radical (unpaired) electrons. The maximum absolute atomic E-state index is 13.7. The van der Waals surface area contributed by atoms with Crippen LogP contribution in [0.2, 0.25) is 0 Å². The molecule has 0 saturated heterocycles. The highest BCUT2D eigenvalue weighted by Gasteiger charge is 2.40. The van der Waals surface area contributed by atoms with Crippen molar-refractivity contribution in [2.24, 2.45) is 0 Å². The standard InChI is InChI=1S/C19H23O5P/c1-13(2)24-25(21,15-9-7-6-8-10-15)19(20)18-16(22-4)11-14(3)12-17(18)23-5/h6-13H,1-5H3. The van der Waals surface area contributed by atoms with E-state index in [0.29, 0.717) is 16.8 Å². The molecule has 0 bridgehead atoms. The molecule has 25 heavy (non-hydrogen) atoms. The molecule has 0 saturated carbocycles. The number of rotatable bonds is 7. The van der Waals surface area contributed by atoms with Crippen LogP contribution in [-0.4, -0.2) is 25.8 Å². The van der Waals surface area contributed by atoms with E-state index in [2.05, 4.69) is 0 Å². The normalized spacial score (nSPS) is 13.4. The molecule has 0 spiro atoms. The summed E-state index contributed by atoms with van der Waals surface area (Å²) in [6.45, 7) is 5.35. The van der Waals surface area contributed by atoms with Gasteiger partial charge in [-0.2, -0.15) is 0 Å². The predicted molar refractivity (Wildman–Crippen MR) is 98.5 cm³/mol. The van der Waals surface area contributed by atoms with Gasteiger partial charge in [0.15, 0.2) is 0 Å². The van der Waals surface area contributed by atoms with Crippen LogP contribution < -0.4 is 14.8 Å². The highest BCUT2D eigenvalue weighted by Crippen LogP contribution is 2.53. The molecule has 2 rings (SSSR count). The van der Waals surface area contributed by atoms with Gasteiger partial charge in [-0.25, -0.2) is 0 Å². The molecular formula is C19H23O5P. The summed E-state index contributed by atoms with van der Waals surface area (Å²) in [5.74, 6) is 0.621. The predicted octanol–water partition coefficient (Wildman–Crippen LogP) is 4.18. The molecule has 5 nitrogen and oxygen atoms in total. The van der Waals surface area contributed by atoms with Gasteiger partial charge in [-0.1, -0.05) is 18.2 Å². The monoisotopic (exact) mass is 362 g/mol. The highest BCUT2D eigenvalue weighted by molar-refractivity contribution is 7.83. The summed E-state index contributed by atoms with van der Waals surface area (Å²) in [7, 11) is -0.915. The number of ether oxygens (including phenoxy) is 2. The van der Waals surface area contributed by atoms with Crippen molar-refractivity contribution in [2.75, 3.05) is 14.2 Å². The Morgan fingerprint density at radius 3 is 1.96 bits per heavy atom. The lowest BCUT2D eigenvalue weighted by atomic mass is 10.1. The Morgan fingerprint density at radius 2 is 1.52 bits per heavy atom. The van der Waals surface area contributed by atoms with Gasteiger partial charge in [-0.15, -0.1) is 0 Å². The van der Waals surface area contributed by atoms with Crippen LogP contribution in [0.1, 0.15) is 29.8 Å². The van der Waals surface area contributed by atoms with Gasteiger partial charge in [0.2, 0.25) is 0 Å². The minimum atomic E-state index is -3.84. The van der Waals surface area contributed by atoms with Gasteiger partial charge in [0.1, 0.15) is 17.1 Å². The lowest BCUT2D eigenvalue weighted by molar-refractivity contribution is 0.104. The lowest BCUT2D eigenvalue weighted by Gasteiger charge is -2.22. The summed E-state index contributed by atoms with van der Waals surface area (Å²) in [5, 5.41) is 0.346. The minimum absolute atomic E-state index is 0.128. The number of carbonyl (C=O) groups is 1. The number of hydrogen-bond donors (Lipinski definition) is 0. The second-order valence-electron chi connectivity index (χ2n) is 5.89. The van der Waals surface area contributed by atoms with Crippen molar-refractivity contribution in [3.63, 3.8) is 0 Å². The van der Waals surface area contributed by atoms with E-state index < -0.39 is 19.0 Å². The Kier molecular flexibility index (Phi) is 6.04. The number of hydrogen-bond acceptors (Lipinski definition) is 5. The number of methoxy groups -OCH3 is 2. The second-order valence-corrected chi connectivity index (χ2v) is 8.13. The van der Waals surface area contributed by atoms with E-state index in [1.807, 2.05) is 6.92 Å². The van der Waals surface area contributed by atoms with Crippen molar-refractivity contribution >= 4 is 18.2 Å². The van der Waals surface area contributed by atoms with Gasteiger partial charge < -0.3 is 14.0 Å². The van der Waals surface area contributed by atoms with Crippen molar-refractivity contribution in [1.82, 2.24) is 0 Å². The van der Waals surface area contributed by atoms with Crippen LogP contribution in [-0.2, 0) is 9.09 Å². The molecule has 2 aromatic rings. The largest absolute Gasteiger partial charge is 0.496 e. The summed E-state index contributed by atoms with van der Waals surface area (Å²) in [4.78, 5) is 13.3. The third-order valence-corrected chi connectivity index (χ3v) is 6.04. The molecule has 0 aliphatic rings. The molecule has 6 heteroatoms. The Labute approximate surface area is 148 Å². The number of benzene rings is 2. The van der Waals surface area contributed by atoms with Gasteiger partial charge >= 0.3 is 7.37 Å². The molecule has 2 aromatic carbocycles. The maximum atomic E-state index is 13.7. The van der Waals surface area contributed by atoms with Crippen molar-refractivity contribution in [2.45, 2.75) is 26.9 Å². The van der Waals surface area contributed by atoms with E-state index >= 15 is 0 Å². The quantitative estimate of drug-likeness (QED) is 0.692. The van der Waals surface area contributed by atoms with E-state index in [1.165, 1.54) is 14.2 Å². The molecule has 1 atom stereocenters. The number of carbonyl (C=O) groups excluding carboxylic acids is 1. The van der Waals surface area contributed by atoms with Crippen molar-refractivity contribution in [1.29, 1.82) is 0 Å². The molecule has 1 unspecified atom stereocenters. The van der Waals surface area contributed by atoms with Crippen LogP contribution in [0.4, 0.5) is 0 Å². The Bertz CT molecular complexity index is 774. The van der Waals surface area contributed by atoms with Crippen molar-refractivity contribution < 1.29 is 23.4 Å². The third-order valence-electron chi connectivity index (χ3n) is 3.59. The molecule has 0 N–H and O–H groups in total. The van der Waals surface area contributed by atoms with E-state index in [4.69, 9.17) is 14.0 Å². The first-order valence-corrected chi connectivity index (χ1v) is 9.57. The van der Waals surface area contributed by atoms with Crippen molar-refractivity contribution in [3.05, 3.63) is 53.6 Å². The summed E-state index contributed by atoms with van der Waals surface area (Å²) < 4.78 is 30.0. The van der Waals surface area contributed by atoms with Crippen LogP contribution in [0.15, 0.2) is 42.5 Å². The van der Waals surface area contributed by atoms with Gasteiger partial charge in [-0.05, 0) is 50.6 Å². The summed E-state index contributed by atoms with van der Waals surface area (Å²) >= 11 is 0. The average Bonchev–Trinajstić information content (AvgIpc) is 2.60. The average molecular weight is 362 g/mol. The van der Waals surface area contributed by atoms with Crippen LogP contribution >= 0.6 is 7.37 Å². The maximum Gasteiger partial charge on any atom is 0.301 e. The molecule has 0 aromatic heterocycles. The van der Waals surface area contributed by atoms with Crippen LogP contribution in [0.3, 0.4) is 0 Å². The zero-order valence-corrected chi connectivity index (χ0v) is 16.0. The fourth-order valence-electron chi connectivity index (χ4n) is 2.55. The Hall–Kier alpha value is -2.10. The van der Waals surface area contributed by atoms with Gasteiger partial charge in [0.25, 0.3) is 5.52 Å². The van der Waals surface area contributed by atoms with E-state index in [0.717, 1.165) is 5.56 Å². The summed E-state index contributed by atoms with van der Waals surface area (Å²) in [6.07, 6.45) is -0.391. The first-order chi connectivity index (χ1) is 11.8. The minimum Gasteiger partial charge on any atom is -0.496 e. The van der Waals surface area contributed by atoms with Crippen LogP contribution in [0.25, 0.3) is 0 Å². The molecule has 0 amide bonds. The zero-order valence-electron chi connectivity index (χ0n) is 15.1. The molecule has 0 fully saturated rings. The van der Waals surface area contributed by atoms with Gasteiger partial charge in [0.05, 0.1) is 20.3 Å². The Balaban J connectivity index is 2.68. The zero-order chi connectivity index (χ0) is 18.6. The molecule has 134 valence electrons. The van der Waals surface area contributed by atoms with Crippen LogP contribution in [0, 0.1) is 6.92 Å². The van der Waals surface area contributed by atoms with E-state index in [-0.39, 0.29) is 5.56 Å². The van der Waals surface area contributed by atoms with Gasteiger partial charge in [0, 0.05) is 5.30 Å². The lowest BCUT2D eigenvalue weighted by Crippen LogP contribution is -2.19. The smallest absolute Gasteiger partial charge is 0.301 e. The second kappa shape index (κ2) is 7.85. The molecule has 0 aliphatic carbocycles. The van der Waals surface area contributed by atoms with E-state index in [1.54, 1.807) is 56.3 Å². The molecular weight excluding hydrogens is 339 g/mol. The fourth-order valence-corrected chi connectivity index (χ4v) is 4.67. The summed E-state index contributed by atoms with van der Waals surface area (Å²) in [5.41, 5.74) is 0.356. The number of aryl methyl sites for hydroxylation is 1. The van der Waals surface area contributed by atoms with Crippen molar-refractivity contribution in [3.8, 4) is 11.5 Å². The summed E-state index contributed by atoms with van der Waals surface area (Å²) in [6, 6.07) is 11.9. The third kappa shape index (κ3) is 3.94. The van der Waals surface area contributed by atoms with Gasteiger partial charge in [-0.3, -0.25) is 9.36 Å². The first kappa shape index (κ1) is 19.2. The topological polar surface area (TPSA) is 61.8 Å². The molecule has 0 heterocycles.